The monoisotopic (exact) mass is 226 g/mol. The number of rotatable bonds is 5. The fraction of sp³-hybridized carbons (Fsp3) is 1.00. The third-order valence-corrected chi connectivity index (χ3v) is 3.69. The highest BCUT2D eigenvalue weighted by Gasteiger charge is 2.27. The van der Waals surface area contributed by atoms with E-state index in [1.807, 2.05) is 0 Å². The first-order valence-electron chi connectivity index (χ1n) is 7.04. The van der Waals surface area contributed by atoms with Crippen LogP contribution in [-0.2, 0) is 0 Å². The van der Waals surface area contributed by atoms with E-state index in [1.165, 1.54) is 51.7 Å². The molecule has 0 saturated carbocycles. The van der Waals surface area contributed by atoms with Crippen LogP contribution in [0.15, 0.2) is 0 Å². The van der Waals surface area contributed by atoms with Crippen LogP contribution in [-0.4, -0.2) is 36.1 Å². The summed E-state index contributed by atoms with van der Waals surface area (Å²) in [5.41, 5.74) is 0.287. The van der Waals surface area contributed by atoms with Gasteiger partial charge in [0.25, 0.3) is 0 Å². The maximum atomic E-state index is 3.64. The van der Waals surface area contributed by atoms with E-state index in [4.69, 9.17) is 0 Å². The Kier molecular flexibility index (Phi) is 5.77. The van der Waals surface area contributed by atoms with Crippen molar-refractivity contribution in [1.29, 1.82) is 0 Å². The van der Waals surface area contributed by atoms with Crippen molar-refractivity contribution in [3.8, 4) is 0 Å². The van der Waals surface area contributed by atoms with E-state index in [2.05, 4.69) is 37.9 Å². The molecule has 1 aliphatic rings. The first-order valence-corrected chi connectivity index (χ1v) is 7.04. The third-order valence-electron chi connectivity index (χ3n) is 3.69. The molecule has 0 bridgehead atoms. The molecule has 1 N–H and O–H groups in total. The molecule has 0 spiro atoms. The van der Waals surface area contributed by atoms with Crippen molar-refractivity contribution in [1.82, 2.24) is 10.2 Å². The Bertz CT molecular complexity index is 189. The molecule has 2 heteroatoms. The Morgan fingerprint density at radius 1 is 1.25 bits per heavy atom. The Hall–Kier alpha value is -0.0800. The van der Waals surface area contributed by atoms with Gasteiger partial charge in [0.15, 0.2) is 0 Å². The SMILES string of the molecule is CCCCCCN1CC(C)(C)NCCC1C. The summed E-state index contributed by atoms with van der Waals surface area (Å²) in [6, 6.07) is 0.746. The van der Waals surface area contributed by atoms with Crippen LogP contribution in [0.4, 0.5) is 0 Å². The molecule has 1 atom stereocenters. The van der Waals surface area contributed by atoms with Gasteiger partial charge in [-0.1, -0.05) is 26.2 Å². The van der Waals surface area contributed by atoms with E-state index >= 15 is 0 Å². The normalized spacial score (nSPS) is 26.6. The van der Waals surface area contributed by atoms with Gasteiger partial charge in [-0.15, -0.1) is 0 Å². The lowest BCUT2D eigenvalue weighted by Crippen LogP contribution is -2.47. The van der Waals surface area contributed by atoms with Crippen LogP contribution in [0, 0.1) is 0 Å². The zero-order valence-electron chi connectivity index (χ0n) is 11.7. The highest BCUT2D eigenvalue weighted by molar-refractivity contribution is 4.87. The number of nitrogens with one attached hydrogen (secondary N) is 1. The number of nitrogens with zero attached hydrogens (tertiary/aromatic N) is 1. The fourth-order valence-electron chi connectivity index (χ4n) is 2.56. The minimum absolute atomic E-state index is 0.287. The van der Waals surface area contributed by atoms with Crippen LogP contribution in [0.2, 0.25) is 0 Å². The van der Waals surface area contributed by atoms with Gasteiger partial charge in [0.2, 0.25) is 0 Å². The van der Waals surface area contributed by atoms with E-state index in [-0.39, 0.29) is 5.54 Å². The lowest BCUT2D eigenvalue weighted by Gasteiger charge is -2.32. The minimum atomic E-state index is 0.287. The van der Waals surface area contributed by atoms with E-state index < -0.39 is 0 Å². The average molecular weight is 226 g/mol. The van der Waals surface area contributed by atoms with Gasteiger partial charge in [0.1, 0.15) is 0 Å². The molecule has 0 aromatic rings. The molecule has 0 aliphatic carbocycles. The Balaban J connectivity index is 2.35. The lowest BCUT2D eigenvalue weighted by molar-refractivity contribution is 0.177. The molecule has 0 aromatic carbocycles. The molecule has 1 unspecified atom stereocenters. The van der Waals surface area contributed by atoms with Gasteiger partial charge in [0.05, 0.1) is 0 Å². The Morgan fingerprint density at radius 3 is 2.69 bits per heavy atom. The average Bonchev–Trinajstić information content (AvgIpc) is 2.33. The largest absolute Gasteiger partial charge is 0.310 e. The summed E-state index contributed by atoms with van der Waals surface area (Å²) in [7, 11) is 0. The maximum absolute atomic E-state index is 3.64. The standard InChI is InChI=1S/C14H30N2/c1-5-6-7-8-11-16-12-14(3,4)15-10-9-13(16)2/h13,15H,5-12H2,1-4H3. The van der Waals surface area contributed by atoms with Crippen LogP contribution in [0.3, 0.4) is 0 Å². The third kappa shape index (κ3) is 4.84. The number of unbranched alkanes of at least 4 members (excludes halogenated alkanes) is 3. The summed E-state index contributed by atoms with van der Waals surface area (Å²) in [6.45, 7) is 12.9. The highest BCUT2D eigenvalue weighted by atomic mass is 15.2. The predicted molar refractivity (Wildman–Crippen MR) is 71.9 cm³/mol. The fourth-order valence-corrected chi connectivity index (χ4v) is 2.56. The first-order chi connectivity index (χ1) is 7.55. The van der Waals surface area contributed by atoms with Crippen molar-refractivity contribution >= 4 is 0 Å². The molecule has 1 heterocycles. The van der Waals surface area contributed by atoms with E-state index in [0.29, 0.717) is 0 Å². The molecule has 1 aliphatic heterocycles. The zero-order chi connectivity index (χ0) is 12.0. The molecule has 16 heavy (non-hydrogen) atoms. The first kappa shape index (κ1) is 14.0. The molecule has 0 aromatic heterocycles. The molecule has 1 fully saturated rings. The van der Waals surface area contributed by atoms with E-state index in [1.54, 1.807) is 0 Å². The molecule has 0 radical (unpaired) electrons. The molecule has 0 amide bonds. The smallest absolute Gasteiger partial charge is 0.0252 e. The molecule has 96 valence electrons. The summed E-state index contributed by atoms with van der Waals surface area (Å²) in [5.74, 6) is 0. The number of hydrogen-bond acceptors (Lipinski definition) is 2. The zero-order valence-corrected chi connectivity index (χ0v) is 11.7. The van der Waals surface area contributed by atoms with Gasteiger partial charge >= 0.3 is 0 Å². The van der Waals surface area contributed by atoms with Crippen molar-refractivity contribution < 1.29 is 0 Å². The Morgan fingerprint density at radius 2 is 2.00 bits per heavy atom. The van der Waals surface area contributed by atoms with Gasteiger partial charge < -0.3 is 5.32 Å². The minimum Gasteiger partial charge on any atom is -0.310 e. The maximum Gasteiger partial charge on any atom is 0.0252 e. The summed E-state index contributed by atoms with van der Waals surface area (Å²) in [4.78, 5) is 2.68. The number of hydrogen-bond donors (Lipinski definition) is 1. The van der Waals surface area contributed by atoms with E-state index in [0.717, 1.165) is 6.04 Å². The van der Waals surface area contributed by atoms with Crippen LogP contribution < -0.4 is 5.32 Å². The second-order valence-electron chi connectivity index (χ2n) is 5.98. The second kappa shape index (κ2) is 6.61. The van der Waals surface area contributed by atoms with Crippen molar-refractivity contribution in [3.05, 3.63) is 0 Å². The van der Waals surface area contributed by atoms with Crippen molar-refractivity contribution in [3.63, 3.8) is 0 Å². The van der Waals surface area contributed by atoms with Gasteiger partial charge in [-0.3, -0.25) is 4.90 Å². The van der Waals surface area contributed by atoms with Crippen LogP contribution >= 0.6 is 0 Å². The molecule has 2 nitrogen and oxygen atoms in total. The molecular weight excluding hydrogens is 196 g/mol. The molecule has 1 saturated heterocycles. The quantitative estimate of drug-likeness (QED) is 0.725. The summed E-state index contributed by atoms with van der Waals surface area (Å²) in [6.07, 6.45) is 6.78. The van der Waals surface area contributed by atoms with Crippen molar-refractivity contribution in [2.75, 3.05) is 19.6 Å². The molecule has 1 rings (SSSR count). The topological polar surface area (TPSA) is 15.3 Å². The van der Waals surface area contributed by atoms with Gasteiger partial charge in [0, 0.05) is 18.1 Å². The highest BCUT2D eigenvalue weighted by Crippen LogP contribution is 2.16. The summed E-state index contributed by atoms with van der Waals surface area (Å²) < 4.78 is 0. The van der Waals surface area contributed by atoms with Crippen LogP contribution in [0.25, 0.3) is 0 Å². The molecular formula is C14H30N2. The van der Waals surface area contributed by atoms with Crippen LogP contribution in [0.1, 0.15) is 59.8 Å². The van der Waals surface area contributed by atoms with Gasteiger partial charge in [-0.25, -0.2) is 0 Å². The van der Waals surface area contributed by atoms with Crippen molar-refractivity contribution in [2.45, 2.75) is 71.4 Å². The van der Waals surface area contributed by atoms with E-state index in [9.17, 15) is 0 Å². The Labute approximate surface area is 102 Å². The second-order valence-corrected chi connectivity index (χ2v) is 5.98. The van der Waals surface area contributed by atoms with Gasteiger partial charge in [-0.05, 0) is 46.7 Å². The predicted octanol–water partition coefficient (Wildman–Crippen LogP) is 3.03. The van der Waals surface area contributed by atoms with Crippen LogP contribution in [0.5, 0.6) is 0 Å². The summed E-state index contributed by atoms with van der Waals surface area (Å²) >= 11 is 0. The lowest BCUT2D eigenvalue weighted by atomic mass is 10.0. The van der Waals surface area contributed by atoms with Gasteiger partial charge in [-0.2, -0.15) is 0 Å². The van der Waals surface area contributed by atoms with Crippen molar-refractivity contribution in [2.24, 2.45) is 0 Å². The summed E-state index contributed by atoms with van der Waals surface area (Å²) in [5, 5.41) is 3.64.